The topological polar surface area (TPSA) is 57.4 Å². The fraction of sp³-hybridized carbons (Fsp3) is 0.429. The van der Waals surface area contributed by atoms with Gasteiger partial charge in [-0.1, -0.05) is 5.16 Å². The Morgan fingerprint density at radius 3 is 2.95 bits per heavy atom. The molecule has 0 N–H and O–H groups in total. The molecule has 3 rings (SSSR count). The zero-order valence-electron chi connectivity index (χ0n) is 11.0. The van der Waals surface area contributed by atoms with Gasteiger partial charge in [-0.2, -0.15) is 4.98 Å². The Morgan fingerprint density at radius 2 is 2.26 bits per heavy atom. The van der Waals surface area contributed by atoms with Gasteiger partial charge in [0.15, 0.2) is 5.82 Å². The summed E-state index contributed by atoms with van der Waals surface area (Å²) in [5.41, 5.74) is 1.96. The van der Waals surface area contributed by atoms with Gasteiger partial charge >= 0.3 is 0 Å². The van der Waals surface area contributed by atoms with Crippen LogP contribution in [-0.4, -0.2) is 30.5 Å². The molecule has 0 bridgehead atoms. The Labute approximate surface area is 111 Å². The van der Waals surface area contributed by atoms with Crippen molar-refractivity contribution in [2.75, 3.05) is 20.3 Å². The largest absolute Gasteiger partial charge is 0.496 e. The maximum atomic E-state index is 5.34. The van der Waals surface area contributed by atoms with Gasteiger partial charge in [-0.25, -0.2) is 0 Å². The van der Waals surface area contributed by atoms with Crippen molar-refractivity contribution in [1.29, 1.82) is 0 Å². The second-order valence-corrected chi connectivity index (χ2v) is 4.70. The van der Waals surface area contributed by atoms with Gasteiger partial charge in [0.2, 0.25) is 0 Å². The van der Waals surface area contributed by atoms with Gasteiger partial charge < -0.3 is 14.0 Å². The summed E-state index contributed by atoms with van der Waals surface area (Å²) in [6.45, 7) is 3.45. The Balaban J connectivity index is 1.87. The van der Waals surface area contributed by atoms with Crippen molar-refractivity contribution in [3.8, 4) is 17.2 Å². The van der Waals surface area contributed by atoms with Crippen molar-refractivity contribution in [1.82, 2.24) is 10.1 Å². The van der Waals surface area contributed by atoms with E-state index >= 15 is 0 Å². The Bertz CT molecular complexity index is 574. The number of hydrogen-bond acceptors (Lipinski definition) is 5. The Hall–Kier alpha value is -1.88. The highest BCUT2D eigenvalue weighted by Crippen LogP contribution is 2.28. The molecule has 1 aromatic heterocycles. The van der Waals surface area contributed by atoms with E-state index < -0.39 is 0 Å². The smallest absolute Gasteiger partial charge is 0.257 e. The molecule has 2 heterocycles. The lowest BCUT2D eigenvalue weighted by Crippen LogP contribution is -1.99. The van der Waals surface area contributed by atoms with E-state index in [0.29, 0.717) is 12.5 Å². The molecule has 1 atom stereocenters. The number of ether oxygens (including phenoxy) is 2. The lowest BCUT2D eigenvalue weighted by Gasteiger charge is -2.04. The zero-order chi connectivity index (χ0) is 13.2. The van der Waals surface area contributed by atoms with Gasteiger partial charge in [0.25, 0.3) is 5.89 Å². The van der Waals surface area contributed by atoms with Crippen LogP contribution in [0.3, 0.4) is 0 Å². The third-order valence-corrected chi connectivity index (χ3v) is 3.38. The van der Waals surface area contributed by atoms with Gasteiger partial charge in [-0.05, 0) is 37.1 Å². The SMILES string of the molecule is COc1ccc(-c2nc([C@H]3CCOC3)no2)cc1C. The van der Waals surface area contributed by atoms with Crippen LogP contribution in [0.4, 0.5) is 0 Å². The molecule has 0 amide bonds. The van der Waals surface area contributed by atoms with Crippen molar-refractivity contribution < 1.29 is 14.0 Å². The van der Waals surface area contributed by atoms with Gasteiger partial charge in [-0.15, -0.1) is 0 Å². The van der Waals surface area contributed by atoms with E-state index in [1.54, 1.807) is 7.11 Å². The summed E-state index contributed by atoms with van der Waals surface area (Å²) >= 11 is 0. The second kappa shape index (κ2) is 5.01. The van der Waals surface area contributed by atoms with Crippen LogP contribution in [0.15, 0.2) is 22.7 Å². The van der Waals surface area contributed by atoms with E-state index in [2.05, 4.69) is 10.1 Å². The molecule has 1 aliphatic rings. The summed E-state index contributed by atoms with van der Waals surface area (Å²) in [5.74, 6) is 2.40. The minimum atomic E-state index is 0.261. The van der Waals surface area contributed by atoms with E-state index in [4.69, 9.17) is 14.0 Å². The number of benzene rings is 1. The molecule has 5 nitrogen and oxygen atoms in total. The highest BCUT2D eigenvalue weighted by molar-refractivity contribution is 5.57. The number of hydrogen-bond donors (Lipinski definition) is 0. The van der Waals surface area contributed by atoms with Crippen LogP contribution >= 0.6 is 0 Å². The number of nitrogens with zero attached hydrogens (tertiary/aromatic N) is 2. The fourth-order valence-electron chi connectivity index (χ4n) is 2.27. The predicted octanol–water partition coefficient (Wildman–Crippen LogP) is 2.56. The third-order valence-electron chi connectivity index (χ3n) is 3.38. The molecular formula is C14H16N2O3. The quantitative estimate of drug-likeness (QED) is 0.848. The molecule has 0 spiro atoms. The third kappa shape index (κ3) is 2.33. The minimum Gasteiger partial charge on any atom is -0.496 e. The molecule has 0 saturated carbocycles. The molecule has 5 heteroatoms. The minimum absolute atomic E-state index is 0.261. The molecule has 1 aliphatic heterocycles. The van der Waals surface area contributed by atoms with Crippen molar-refractivity contribution in [2.24, 2.45) is 0 Å². The van der Waals surface area contributed by atoms with Gasteiger partial charge in [0.05, 0.1) is 13.7 Å². The van der Waals surface area contributed by atoms with E-state index in [-0.39, 0.29) is 5.92 Å². The summed E-state index contributed by atoms with van der Waals surface area (Å²) in [5, 5.41) is 4.05. The first kappa shape index (κ1) is 12.2. The van der Waals surface area contributed by atoms with E-state index in [0.717, 1.165) is 35.7 Å². The monoisotopic (exact) mass is 260 g/mol. The maximum absolute atomic E-state index is 5.34. The van der Waals surface area contributed by atoms with Crippen LogP contribution in [0.1, 0.15) is 23.7 Å². The van der Waals surface area contributed by atoms with Crippen LogP contribution in [-0.2, 0) is 4.74 Å². The van der Waals surface area contributed by atoms with Crippen LogP contribution in [0.5, 0.6) is 5.75 Å². The molecule has 19 heavy (non-hydrogen) atoms. The molecule has 1 aromatic carbocycles. The van der Waals surface area contributed by atoms with Crippen molar-refractivity contribution in [3.05, 3.63) is 29.6 Å². The van der Waals surface area contributed by atoms with E-state index in [9.17, 15) is 0 Å². The van der Waals surface area contributed by atoms with Gasteiger partial charge in [-0.3, -0.25) is 0 Å². The van der Waals surface area contributed by atoms with Crippen molar-refractivity contribution in [2.45, 2.75) is 19.3 Å². The average Bonchev–Trinajstić information content (AvgIpc) is 3.09. The average molecular weight is 260 g/mol. The van der Waals surface area contributed by atoms with Crippen molar-refractivity contribution in [3.63, 3.8) is 0 Å². The molecule has 0 radical (unpaired) electrons. The summed E-state index contributed by atoms with van der Waals surface area (Å²) in [4.78, 5) is 4.46. The Morgan fingerprint density at radius 1 is 1.37 bits per heavy atom. The fourth-order valence-corrected chi connectivity index (χ4v) is 2.27. The first-order chi connectivity index (χ1) is 9.28. The lowest BCUT2D eigenvalue weighted by atomic mass is 10.1. The highest BCUT2D eigenvalue weighted by atomic mass is 16.5. The lowest BCUT2D eigenvalue weighted by molar-refractivity contribution is 0.192. The van der Waals surface area contributed by atoms with Gasteiger partial charge in [0, 0.05) is 18.1 Å². The molecule has 1 fully saturated rings. The summed E-state index contributed by atoms with van der Waals surface area (Å²) in [6.07, 6.45) is 0.959. The Kier molecular flexibility index (Phi) is 3.21. The molecule has 0 unspecified atom stereocenters. The number of rotatable bonds is 3. The predicted molar refractivity (Wildman–Crippen MR) is 69.2 cm³/mol. The first-order valence-electron chi connectivity index (χ1n) is 6.34. The molecule has 1 saturated heterocycles. The van der Waals surface area contributed by atoms with Crippen molar-refractivity contribution >= 4 is 0 Å². The summed E-state index contributed by atoms with van der Waals surface area (Å²) in [7, 11) is 1.66. The molecular weight excluding hydrogens is 244 g/mol. The first-order valence-corrected chi connectivity index (χ1v) is 6.34. The molecule has 100 valence electrons. The zero-order valence-corrected chi connectivity index (χ0v) is 11.0. The molecule has 2 aromatic rings. The summed E-state index contributed by atoms with van der Waals surface area (Å²) in [6, 6.07) is 5.82. The molecule has 0 aliphatic carbocycles. The number of methoxy groups -OCH3 is 1. The van der Waals surface area contributed by atoms with E-state index in [1.807, 2.05) is 25.1 Å². The highest BCUT2D eigenvalue weighted by Gasteiger charge is 2.23. The summed E-state index contributed by atoms with van der Waals surface area (Å²) < 4.78 is 15.9. The second-order valence-electron chi connectivity index (χ2n) is 4.70. The number of aryl methyl sites for hydroxylation is 1. The van der Waals surface area contributed by atoms with Crippen LogP contribution in [0, 0.1) is 6.92 Å². The van der Waals surface area contributed by atoms with Crippen LogP contribution in [0.25, 0.3) is 11.5 Å². The van der Waals surface area contributed by atoms with E-state index in [1.165, 1.54) is 0 Å². The standard InChI is InChI=1S/C14H16N2O3/c1-9-7-10(3-4-12(9)17-2)14-15-13(16-19-14)11-5-6-18-8-11/h3-4,7,11H,5-6,8H2,1-2H3/t11-/m0/s1. The van der Waals surface area contributed by atoms with Crippen LogP contribution in [0.2, 0.25) is 0 Å². The van der Waals surface area contributed by atoms with Gasteiger partial charge in [0.1, 0.15) is 5.75 Å². The normalized spacial score (nSPS) is 18.7. The van der Waals surface area contributed by atoms with Crippen LogP contribution < -0.4 is 4.74 Å². The number of aromatic nitrogens is 2. The maximum Gasteiger partial charge on any atom is 0.257 e.